The van der Waals surface area contributed by atoms with E-state index in [1.54, 1.807) is 6.92 Å². The summed E-state index contributed by atoms with van der Waals surface area (Å²) in [4.78, 5) is 11.1. The summed E-state index contributed by atoms with van der Waals surface area (Å²) in [6, 6.07) is 0. The van der Waals surface area contributed by atoms with Crippen molar-refractivity contribution < 1.29 is 14.7 Å². The van der Waals surface area contributed by atoms with Crippen LogP contribution >= 0.6 is 0 Å². The molecular weight excluding hydrogens is 170 g/mol. The second kappa shape index (κ2) is 4.84. The summed E-state index contributed by atoms with van der Waals surface area (Å²) >= 11 is 0. The van der Waals surface area contributed by atoms with E-state index in [2.05, 4.69) is 5.16 Å². The number of carbonyl (C=O) groups is 1. The van der Waals surface area contributed by atoms with E-state index in [1.807, 2.05) is 0 Å². The third-order valence-electron chi connectivity index (χ3n) is 2.30. The standard InChI is InChI=1S/C9H15NO3/c1-2-13-9(11)6-7-4-3-5-8(7)10-12/h7,12H,2-6H2,1H3/b10-8+/t7-/m0/s1. The number of oxime groups is 1. The first-order chi connectivity index (χ1) is 6.27. The van der Waals surface area contributed by atoms with E-state index in [1.165, 1.54) is 0 Å². The van der Waals surface area contributed by atoms with Crippen molar-refractivity contribution in [3.05, 3.63) is 0 Å². The first kappa shape index (κ1) is 10.0. The molecule has 1 N–H and O–H groups in total. The molecule has 1 rings (SSSR count). The van der Waals surface area contributed by atoms with E-state index < -0.39 is 0 Å². The zero-order valence-electron chi connectivity index (χ0n) is 7.82. The molecule has 0 spiro atoms. The minimum atomic E-state index is -0.199. The van der Waals surface area contributed by atoms with Gasteiger partial charge in [-0.3, -0.25) is 4.79 Å². The van der Waals surface area contributed by atoms with Gasteiger partial charge in [-0.15, -0.1) is 0 Å². The summed E-state index contributed by atoms with van der Waals surface area (Å²) < 4.78 is 4.82. The molecule has 0 unspecified atom stereocenters. The van der Waals surface area contributed by atoms with Crippen LogP contribution < -0.4 is 0 Å². The quantitative estimate of drug-likeness (QED) is 0.412. The van der Waals surface area contributed by atoms with Gasteiger partial charge in [0.1, 0.15) is 0 Å². The van der Waals surface area contributed by atoms with Gasteiger partial charge in [0, 0.05) is 5.92 Å². The fourth-order valence-corrected chi connectivity index (χ4v) is 1.67. The Kier molecular flexibility index (Phi) is 3.73. The Morgan fingerprint density at radius 3 is 3.15 bits per heavy atom. The van der Waals surface area contributed by atoms with Gasteiger partial charge in [0.05, 0.1) is 18.7 Å². The minimum absolute atomic E-state index is 0.101. The number of hydrogen-bond acceptors (Lipinski definition) is 4. The molecule has 0 aromatic rings. The molecule has 0 saturated heterocycles. The average Bonchev–Trinajstić information content (AvgIpc) is 2.52. The topological polar surface area (TPSA) is 58.9 Å². The van der Waals surface area contributed by atoms with Crippen molar-refractivity contribution in [1.29, 1.82) is 0 Å². The normalized spacial score (nSPS) is 25.0. The maximum atomic E-state index is 11.1. The van der Waals surface area contributed by atoms with E-state index in [0.717, 1.165) is 25.0 Å². The van der Waals surface area contributed by atoms with Crippen molar-refractivity contribution >= 4 is 11.7 Å². The second-order valence-electron chi connectivity index (χ2n) is 3.19. The molecule has 1 atom stereocenters. The SMILES string of the molecule is CCOC(=O)C[C@@H]1CCC/C1=N\O. The molecule has 4 nitrogen and oxygen atoms in total. The van der Waals surface area contributed by atoms with E-state index in [4.69, 9.17) is 9.94 Å². The van der Waals surface area contributed by atoms with Crippen LogP contribution in [0, 0.1) is 5.92 Å². The van der Waals surface area contributed by atoms with Gasteiger partial charge in [-0.1, -0.05) is 5.16 Å². The first-order valence-electron chi connectivity index (χ1n) is 4.64. The van der Waals surface area contributed by atoms with Gasteiger partial charge >= 0.3 is 5.97 Å². The van der Waals surface area contributed by atoms with Crippen molar-refractivity contribution in [3.63, 3.8) is 0 Å². The first-order valence-corrected chi connectivity index (χ1v) is 4.64. The lowest BCUT2D eigenvalue weighted by Gasteiger charge is -2.08. The zero-order chi connectivity index (χ0) is 9.68. The highest BCUT2D eigenvalue weighted by atomic mass is 16.5. The van der Waals surface area contributed by atoms with Crippen LogP contribution in [0.25, 0.3) is 0 Å². The van der Waals surface area contributed by atoms with Gasteiger partial charge in [-0.25, -0.2) is 0 Å². The van der Waals surface area contributed by atoms with Crippen LogP contribution in [-0.4, -0.2) is 23.5 Å². The maximum absolute atomic E-state index is 11.1. The molecule has 0 aromatic heterocycles. The molecule has 4 heteroatoms. The molecule has 0 aliphatic heterocycles. The van der Waals surface area contributed by atoms with Crippen molar-refractivity contribution in [3.8, 4) is 0 Å². The third-order valence-corrected chi connectivity index (χ3v) is 2.30. The lowest BCUT2D eigenvalue weighted by atomic mass is 10.0. The summed E-state index contributed by atoms with van der Waals surface area (Å²) in [7, 11) is 0. The monoisotopic (exact) mass is 185 g/mol. The summed E-state index contributed by atoms with van der Waals surface area (Å²) in [5.74, 6) is -0.0976. The fraction of sp³-hybridized carbons (Fsp3) is 0.778. The number of rotatable bonds is 3. The van der Waals surface area contributed by atoms with Gasteiger partial charge in [0.2, 0.25) is 0 Å². The van der Waals surface area contributed by atoms with E-state index in [-0.39, 0.29) is 11.9 Å². The number of carbonyl (C=O) groups excluding carboxylic acids is 1. The number of hydrogen-bond donors (Lipinski definition) is 1. The van der Waals surface area contributed by atoms with Gasteiger partial charge in [-0.05, 0) is 26.2 Å². The third kappa shape index (κ3) is 2.72. The Bertz CT molecular complexity index is 213. The van der Waals surface area contributed by atoms with E-state index in [0.29, 0.717) is 13.0 Å². The smallest absolute Gasteiger partial charge is 0.306 e. The number of nitrogens with zero attached hydrogens (tertiary/aromatic N) is 1. The summed E-state index contributed by atoms with van der Waals surface area (Å²) in [5, 5.41) is 11.8. The van der Waals surface area contributed by atoms with Crippen LogP contribution in [0.4, 0.5) is 0 Å². The zero-order valence-corrected chi connectivity index (χ0v) is 7.82. The maximum Gasteiger partial charge on any atom is 0.306 e. The summed E-state index contributed by atoms with van der Waals surface area (Å²) in [5.41, 5.74) is 0.744. The van der Waals surface area contributed by atoms with Gasteiger partial charge < -0.3 is 9.94 Å². The Balaban J connectivity index is 2.40. The summed E-state index contributed by atoms with van der Waals surface area (Å²) in [6.45, 7) is 2.20. The van der Waals surface area contributed by atoms with Crippen molar-refractivity contribution in [1.82, 2.24) is 0 Å². The highest BCUT2D eigenvalue weighted by Crippen LogP contribution is 2.25. The highest BCUT2D eigenvalue weighted by Gasteiger charge is 2.25. The van der Waals surface area contributed by atoms with Gasteiger partial charge in [0.25, 0.3) is 0 Å². The molecule has 74 valence electrons. The molecular formula is C9H15NO3. The minimum Gasteiger partial charge on any atom is -0.466 e. The van der Waals surface area contributed by atoms with Crippen LogP contribution in [0.5, 0.6) is 0 Å². The van der Waals surface area contributed by atoms with Gasteiger partial charge in [0.15, 0.2) is 0 Å². The highest BCUT2D eigenvalue weighted by molar-refractivity contribution is 5.90. The molecule has 13 heavy (non-hydrogen) atoms. The molecule has 0 bridgehead atoms. The Labute approximate surface area is 77.6 Å². The largest absolute Gasteiger partial charge is 0.466 e. The predicted octanol–water partition coefficient (Wildman–Crippen LogP) is 1.57. The summed E-state index contributed by atoms with van der Waals surface area (Å²) in [6.07, 6.45) is 3.09. The van der Waals surface area contributed by atoms with E-state index in [9.17, 15) is 4.79 Å². The van der Waals surface area contributed by atoms with Crippen molar-refractivity contribution in [2.45, 2.75) is 32.6 Å². The predicted molar refractivity (Wildman–Crippen MR) is 47.8 cm³/mol. The van der Waals surface area contributed by atoms with Crippen molar-refractivity contribution in [2.75, 3.05) is 6.61 Å². The number of esters is 1. The average molecular weight is 185 g/mol. The molecule has 0 aromatic carbocycles. The molecule has 1 aliphatic carbocycles. The Morgan fingerprint density at radius 2 is 2.54 bits per heavy atom. The van der Waals surface area contributed by atoms with Crippen LogP contribution in [0.3, 0.4) is 0 Å². The van der Waals surface area contributed by atoms with Gasteiger partial charge in [-0.2, -0.15) is 0 Å². The van der Waals surface area contributed by atoms with Crippen LogP contribution in [0.1, 0.15) is 32.6 Å². The molecule has 0 amide bonds. The van der Waals surface area contributed by atoms with E-state index >= 15 is 0 Å². The van der Waals surface area contributed by atoms with Crippen molar-refractivity contribution in [2.24, 2.45) is 11.1 Å². The Morgan fingerprint density at radius 1 is 1.77 bits per heavy atom. The molecule has 0 radical (unpaired) electrons. The number of ether oxygens (including phenoxy) is 1. The lowest BCUT2D eigenvalue weighted by molar-refractivity contribution is -0.143. The Hall–Kier alpha value is -1.06. The van der Waals surface area contributed by atoms with Crippen LogP contribution in [0.2, 0.25) is 0 Å². The second-order valence-corrected chi connectivity index (χ2v) is 3.19. The lowest BCUT2D eigenvalue weighted by Crippen LogP contribution is -2.15. The molecule has 1 aliphatic rings. The van der Waals surface area contributed by atoms with Crippen LogP contribution in [0.15, 0.2) is 5.16 Å². The molecule has 1 saturated carbocycles. The molecule has 0 heterocycles. The van der Waals surface area contributed by atoms with Crippen LogP contribution in [-0.2, 0) is 9.53 Å². The molecule has 1 fully saturated rings. The fourth-order valence-electron chi connectivity index (χ4n) is 1.67.